The Balaban J connectivity index is 1.37. The fourth-order valence-corrected chi connectivity index (χ4v) is 4.14. The maximum Gasteiger partial charge on any atom is 0.137 e. The second-order valence-electron chi connectivity index (χ2n) is 7.57. The zero-order valence-electron chi connectivity index (χ0n) is 16.3. The van der Waals surface area contributed by atoms with Crippen molar-refractivity contribution in [2.45, 2.75) is 13.0 Å². The second-order valence-corrected chi connectivity index (χ2v) is 7.57. The van der Waals surface area contributed by atoms with Gasteiger partial charge in [0.25, 0.3) is 0 Å². The van der Waals surface area contributed by atoms with E-state index in [0.29, 0.717) is 0 Å². The molecule has 6 rings (SSSR count). The van der Waals surface area contributed by atoms with Gasteiger partial charge in [0, 0.05) is 59.1 Å². The van der Waals surface area contributed by atoms with Crippen LogP contribution in [0.2, 0.25) is 0 Å². The number of nitrogens with one attached hydrogen (secondary N) is 1. The largest absolute Gasteiger partial charge is 0.456 e. The average Bonchev–Trinajstić information content (AvgIpc) is 3.44. The van der Waals surface area contributed by atoms with Crippen LogP contribution in [0.1, 0.15) is 16.8 Å². The highest BCUT2D eigenvalue weighted by Crippen LogP contribution is 2.33. The van der Waals surface area contributed by atoms with Crippen LogP contribution in [-0.4, -0.2) is 9.97 Å². The standard InChI is InChI=1S/C26H19N3O/c1-2-7-25-18(4-1)13-26(30-25)22-16-27-15-19-9-8-17(12-21(19)22)14-29-24-10-11-28-23-6-3-5-20(23)24/h1-5,7-13,15-16H,6,14H2,(H,28,29). The van der Waals surface area contributed by atoms with E-state index in [2.05, 4.69) is 57.8 Å². The van der Waals surface area contributed by atoms with Crippen molar-refractivity contribution in [2.75, 3.05) is 5.32 Å². The predicted molar refractivity (Wildman–Crippen MR) is 121 cm³/mol. The van der Waals surface area contributed by atoms with Crippen LogP contribution in [0.4, 0.5) is 5.69 Å². The third-order valence-electron chi connectivity index (χ3n) is 5.67. The fourth-order valence-electron chi connectivity index (χ4n) is 4.14. The van der Waals surface area contributed by atoms with Gasteiger partial charge < -0.3 is 9.73 Å². The Morgan fingerprint density at radius 3 is 2.90 bits per heavy atom. The van der Waals surface area contributed by atoms with E-state index in [1.54, 1.807) is 0 Å². The highest BCUT2D eigenvalue weighted by Gasteiger charge is 2.12. The molecule has 1 aliphatic rings. The molecule has 0 amide bonds. The van der Waals surface area contributed by atoms with E-state index in [0.717, 1.165) is 57.4 Å². The number of hydrogen-bond acceptors (Lipinski definition) is 4. The van der Waals surface area contributed by atoms with Crippen LogP contribution in [0.15, 0.2) is 83.7 Å². The molecule has 0 spiro atoms. The van der Waals surface area contributed by atoms with Gasteiger partial charge in [-0.3, -0.25) is 9.97 Å². The van der Waals surface area contributed by atoms with Gasteiger partial charge in [0.15, 0.2) is 0 Å². The van der Waals surface area contributed by atoms with Crippen LogP contribution in [-0.2, 0) is 13.0 Å². The Labute approximate surface area is 173 Å². The molecule has 0 bridgehead atoms. The summed E-state index contributed by atoms with van der Waals surface area (Å²) < 4.78 is 6.11. The van der Waals surface area contributed by atoms with Crippen molar-refractivity contribution in [1.29, 1.82) is 0 Å². The highest BCUT2D eigenvalue weighted by molar-refractivity contribution is 5.97. The van der Waals surface area contributed by atoms with E-state index in [1.165, 1.54) is 11.1 Å². The number of benzene rings is 2. The summed E-state index contributed by atoms with van der Waals surface area (Å²) in [5.74, 6) is 0.844. The smallest absolute Gasteiger partial charge is 0.137 e. The molecule has 4 heteroatoms. The van der Waals surface area contributed by atoms with Crippen LogP contribution < -0.4 is 5.32 Å². The lowest BCUT2D eigenvalue weighted by atomic mass is 10.0. The third kappa shape index (κ3) is 2.85. The third-order valence-corrected chi connectivity index (χ3v) is 5.67. The molecule has 1 N–H and O–H groups in total. The van der Waals surface area contributed by atoms with Crippen molar-refractivity contribution in [2.24, 2.45) is 0 Å². The second kappa shape index (κ2) is 6.85. The molecule has 2 aromatic carbocycles. The first-order chi connectivity index (χ1) is 14.8. The van der Waals surface area contributed by atoms with Crippen LogP contribution in [0.5, 0.6) is 0 Å². The fraction of sp³-hybridized carbons (Fsp3) is 0.0769. The molecule has 0 saturated heterocycles. The molecule has 1 aliphatic carbocycles. The molecule has 0 aliphatic heterocycles. The molecule has 0 fully saturated rings. The quantitative estimate of drug-likeness (QED) is 0.396. The first-order valence-electron chi connectivity index (χ1n) is 10.1. The number of furan rings is 1. The molecule has 0 atom stereocenters. The topological polar surface area (TPSA) is 51.0 Å². The minimum atomic E-state index is 0.738. The molecule has 30 heavy (non-hydrogen) atoms. The van der Waals surface area contributed by atoms with Crippen LogP contribution in [0, 0.1) is 0 Å². The SMILES string of the molecule is C1=Cc2c(NCc3ccc4cncc(-c5cc6ccccc6o5)c4c3)ccnc2C1. The summed E-state index contributed by atoms with van der Waals surface area (Å²) in [4.78, 5) is 8.89. The van der Waals surface area contributed by atoms with Gasteiger partial charge in [0.1, 0.15) is 11.3 Å². The normalized spacial score (nSPS) is 12.5. The Bertz CT molecular complexity index is 1400. The van der Waals surface area contributed by atoms with Crippen molar-refractivity contribution < 1.29 is 4.42 Å². The lowest BCUT2D eigenvalue weighted by Crippen LogP contribution is -2.02. The van der Waals surface area contributed by atoms with Gasteiger partial charge in [0.05, 0.1) is 5.69 Å². The molecule has 144 valence electrons. The highest BCUT2D eigenvalue weighted by atomic mass is 16.3. The van der Waals surface area contributed by atoms with Crippen molar-refractivity contribution >= 4 is 33.5 Å². The zero-order chi connectivity index (χ0) is 19.9. The van der Waals surface area contributed by atoms with E-state index in [4.69, 9.17) is 4.42 Å². The summed E-state index contributed by atoms with van der Waals surface area (Å²) >= 11 is 0. The molecule has 3 aromatic heterocycles. The number of para-hydroxylation sites is 1. The lowest BCUT2D eigenvalue weighted by Gasteiger charge is -2.11. The van der Waals surface area contributed by atoms with Gasteiger partial charge in [-0.2, -0.15) is 0 Å². The number of nitrogens with zero attached hydrogens (tertiary/aromatic N) is 2. The maximum absolute atomic E-state index is 6.11. The van der Waals surface area contributed by atoms with E-state index < -0.39 is 0 Å². The molecule has 4 nitrogen and oxygen atoms in total. The van der Waals surface area contributed by atoms with Gasteiger partial charge in [-0.1, -0.05) is 42.5 Å². The Morgan fingerprint density at radius 2 is 1.93 bits per heavy atom. The monoisotopic (exact) mass is 389 g/mol. The summed E-state index contributed by atoms with van der Waals surface area (Å²) in [7, 11) is 0. The van der Waals surface area contributed by atoms with Gasteiger partial charge in [-0.15, -0.1) is 0 Å². The number of hydrogen-bond donors (Lipinski definition) is 1. The Hall–Kier alpha value is -3.92. The van der Waals surface area contributed by atoms with Crippen molar-refractivity contribution in [3.8, 4) is 11.3 Å². The van der Waals surface area contributed by atoms with E-state index in [-0.39, 0.29) is 0 Å². The summed E-state index contributed by atoms with van der Waals surface area (Å²) in [6.07, 6.45) is 10.9. The van der Waals surface area contributed by atoms with E-state index >= 15 is 0 Å². The number of fused-ring (bicyclic) bond motifs is 3. The summed E-state index contributed by atoms with van der Waals surface area (Å²) in [6, 6.07) is 18.7. The molecule has 0 unspecified atom stereocenters. The minimum absolute atomic E-state index is 0.738. The molecule has 0 saturated carbocycles. The average molecular weight is 389 g/mol. The molecular weight excluding hydrogens is 370 g/mol. The maximum atomic E-state index is 6.11. The Morgan fingerprint density at radius 1 is 0.967 bits per heavy atom. The summed E-state index contributed by atoms with van der Waals surface area (Å²) in [6.45, 7) is 0.738. The molecular formula is C26H19N3O. The first kappa shape index (κ1) is 17.0. The van der Waals surface area contributed by atoms with Crippen LogP contribution in [0.25, 0.3) is 39.1 Å². The van der Waals surface area contributed by atoms with Crippen molar-refractivity contribution in [3.63, 3.8) is 0 Å². The van der Waals surface area contributed by atoms with Crippen LogP contribution in [0.3, 0.4) is 0 Å². The van der Waals surface area contributed by atoms with Gasteiger partial charge in [-0.05, 0) is 35.2 Å². The zero-order valence-corrected chi connectivity index (χ0v) is 16.3. The Kier molecular flexibility index (Phi) is 3.88. The van der Waals surface area contributed by atoms with Crippen LogP contribution >= 0.6 is 0 Å². The van der Waals surface area contributed by atoms with Gasteiger partial charge in [0.2, 0.25) is 0 Å². The minimum Gasteiger partial charge on any atom is -0.456 e. The van der Waals surface area contributed by atoms with Crippen molar-refractivity contribution in [1.82, 2.24) is 9.97 Å². The molecule has 0 radical (unpaired) electrons. The predicted octanol–water partition coefficient (Wildman–Crippen LogP) is 6.22. The van der Waals surface area contributed by atoms with Gasteiger partial charge >= 0.3 is 0 Å². The number of pyridine rings is 2. The lowest BCUT2D eigenvalue weighted by molar-refractivity contribution is 0.632. The summed E-state index contributed by atoms with van der Waals surface area (Å²) in [5, 5.41) is 6.92. The number of anilines is 1. The number of rotatable bonds is 4. The number of allylic oxidation sites excluding steroid dienone is 1. The summed E-state index contributed by atoms with van der Waals surface area (Å²) in [5.41, 5.74) is 6.57. The van der Waals surface area contributed by atoms with Gasteiger partial charge in [-0.25, -0.2) is 0 Å². The van der Waals surface area contributed by atoms with E-state index in [1.807, 2.05) is 42.9 Å². The molecule has 5 aromatic rings. The number of aromatic nitrogens is 2. The van der Waals surface area contributed by atoms with E-state index in [9.17, 15) is 0 Å². The van der Waals surface area contributed by atoms with Crippen molar-refractivity contribution in [3.05, 3.63) is 96.1 Å². The molecule has 3 heterocycles. The first-order valence-corrected chi connectivity index (χ1v) is 10.1.